The van der Waals surface area contributed by atoms with Crippen molar-refractivity contribution in [1.29, 1.82) is 0 Å². The summed E-state index contributed by atoms with van der Waals surface area (Å²) in [6.07, 6.45) is 5.34. The molecule has 0 aromatic heterocycles. The fourth-order valence-corrected chi connectivity index (χ4v) is 3.66. The molecule has 2 atom stereocenters. The van der Waals surface area contributed by atoms with E-state index in [4.69, 9.17) is 5.73 Å². The molecule has 1 aliphatic heterocycles. The largest absolute Gasteiger partial charge is 0.368 e. The average molecular weight is 239 g/mol. The SMILES string of the molecule is CNC1(C(N)=O)CCC(N2CCCC2(C)C)C1. The van der Waals surface area contributed by atoms with Crippen molar-refractivity contribution in [2.24, 2.45) is 5.73 Å². The van der Waals surface area contributed by atoms with Crippen molar-refractivity contribution in [2.75, 3.05) is 13.6 Å². The van der Waals surface area contributed by atoms with Crippen molar-refractivity contribution in [1.82, 2.24) is 10.2 Å². The summed E-state index contributed by atoms with van der Waals surface area (Å²) >= 11 is 0. The Bertz CT molecular complexity index is 316. The van der Waals surface area contributed by atoms with Crippen molar-refractivity contribution >= 4 is 5.91 Å². The Morgan fingerprint density at radius 3 is 2.53 bits per heavy atom. The molecular formula is C13H25N3O. The van der Waals surface area contributed by atoms with Crippen LogP contribution in [0.4, 0.5) is 0 Å². The first kappa shape index (κ1) is 12.8. The van der Waals surface area contributed by atoms with E-state index in [1.165, 1.54) is 12.8 Å². The maximum absolute atomic E-state index is 11.6. The second-order valence-corrected chi connectivity index (χ2v) is 6.20. The minimum atomic E-state index is -0.469. The summed E-state index contributed by atoms with van der Waals surface area (Å²) in [5, 5.41) is 3.16. The summed E-state index contributed by atoms with van der Waals surface area (Å²) in [6.45, 7) is 5.78. The van der Waals surface area contributed by atoms with Crippen LogP contribution in [-0.2, 0) is 4.79 Å². The van der Waals surface area contributed by atoms with Gasteiger partial charge in [-0.1, -0.05) is 0 Å². The zero-order valence-corrected chi connectivity index (χ0v) is 11.3. The predicted molar refractivity (Wildman–Crippen MR) is 68.6 cm³/mol. The van der Waals surface area contributed by atoms with Crippen LogP contribution in [0.1, 0.15) is 46.0 Å². The monoisotopic (exact) mass is 239 g/mol. The maximum Gasteiger partial charge on any atom is 0.237 e. The highest BCUT2D eigenvalue weighted by Crippen LogP contribution is 2.39. The van der Waals surface area contributed by atoms with E-state index in [9.17, 15) is 4.79 Å². The van der Waals surface area contributed by atoms with E-state index in [1.54, 1.807) is 0 Å². The molecule has 1 amide bonds. The van der Waals surface area contributed by atoms with E-state index >= 15 is 0 Å². The van der Waals surface area contributed by atoms with E-state index < -0.39 is 5.54 Å². The minimum Gasteiger partial charge on any atom is -0.368 e. The Morgan fingerprint density at radius 2 is 2.12 bits per heavy atom. The molecule has 17 heavy (non-hydrogen) atoms. The third-order valence-corrected chi connectivity index (χ3v) is 4.84. The number of nitrogens with zero attached hydrogens (tertiary/aromatic N) is 1. The second-order valence-electron chi connectivity index (χ2n) is 6.20. The van der Waals surface area contributed by atoms with Crippen molar-refractivity contribution in [3.05, 3.63) is 0 Å². The Balaban J connectivity index is 2.09. The molecule has 4 heteroatoms. The molecule has 0 aromatic rings. The molecule has 2 fully saturated rings. The molecule has 3 N–H and O–H groups in total. The van der Waals surface area contributed by atoms with Crippen LogP contribution in [0, 0.1) is 0 Å². The Hall–Kier alpha value is -0.610. The fraction of sp³-hybridized carbons (Fsp3) is 0.923. The summed E-state index contributed by atoms with van der Waals surface area (Å²) in [5.74, 6) is -0.195. The zero-order chi connectivity index (χ0) is 12.7. The Kier molecular flexibility index (Phi) is 3.21. The highest BCUT2D eigenvalue weighted by atomic mass is 16.1. The lowest BCUT2D eigenvalue weighted by molar-refractivity contribution is -0.124. The number of hydrogen-bond acceptors (Lipinski definition) is 3. The van der Waals surface area contributed by atoms with Crippen LogP contribution in [0.25, 0.3) is 0 Å². The summed E-state index contributed by atoms with van der Waals surface area (Å²) in [4.78, 5) is 14.2. The number of nitrogens with two attached hydrogens (primary N) is 1. The third-order valence-electron chi connectivity index (χ3n) is 4.84. The van der Waals surface area contributed by atoms with Crippen LogP contribution < -0.4 is 11.1 Å². The van der Waals surface area contributed by atoms with Gasteiger partial charge in [-0.2, -0.15) is 0 Å². The van der Waals surface area contributed by atoms with E-state index in [0.29, 0.717) is 6.04 Å². The average Bonchev–Trinajstić information content (AvgIpc) is 2.81. The molecule has 2 unspecified atom stereocenters. The van der Waals surface area contributed by atoms with Gasteiger partial charge in [0.05, 0.1) is 5.54 Å². The van der Waals surface area contributed by atoms with Crippen molar-refractivity contribution in [3.8, 4) is 0 Å². The lowest BCUT2D eigenvalue weighted by atomic mass is 9.95. The molecular weight excluding hydrogens is 214 g/mol. The van der Waals surface area contributed by atoms with E-state index in [2.05, 4.69) is 24.1 Å². The van der Waals surface area contributed by atoms with Gasteiger partial charge >= 0.3 is 0 Å². The van der Waals surface area contributed by atoms with Crippen molar-refractivity contribution < 1.29 is 4.79 Å². The van der Waals surface area contributed by atoms with Gasteiger partial charge in [-0.3, -0.25) is 9.69 Å². The molecule has 0 aromatic carbocycles. The van der Waals surface area contributed by atoms with E-state index in [-0.39, 0.29) is 11.4 Å². The molecule has 0 spiro atoms. The molecule has 1 heterocycles. The number of hydrogen-bond donors (Lipinski definition) is 2. The maximum atomic E-state index is 11.6. The number of carbonyl (C=O) groups excluding carboxylic acids is 1. The predicted octanol–water partition coefficient (Wildman–Crippen LogP) is 0.857. The highest BCUT2D eigenvalue weighted by Gasteiger charge is 2.48. The Morgan fingerprint density at radius 1 is 1.41 bits per heavy atom. The van der Waals surface area contributed by atoms with Crippen LogP contribution in [0.3, 0.4) is 0 Å². The zero-order valence-electron chi connectivity index (χ0n) is 11.3. The van der Waals surface area contributed by atoms with Crippen LogP contribution in [-0.4, -0.2) is 41.5 Å². The molecule has 1 aliphatic carbocycles. The van der Waals surface area contributed by atoms with E-state index in [1.807, 2.05) is 7.05 Å². The molecule has 98 valence electrons. The lowest BCUT2D eigenvalue weighted by Crippen LogP contribution is -2.54. The molecule has 2 rings (SSSR count). The van der Waals surface area contributed by atoms with E-state index in [0.717, 1.165) is 25.8 Å². The van der Waals surface area contributed by atoms with Crippen LogP contribution in [0.5, 0.6) is 0 Å². The van der Waals surface area contributed by atoms with Gasteiger partial charge in [0, 0.05) is 11.6 Å². The molecule has 4 nitrogen and oxygen atoms in total. The molecule has 1 saturated carbocycles. The first-order valence-corrected chi connectivity index (χ1v) is 6.67. The Labute approximate surface area is 104 Å². The second kappa shape index (κ2) is 4.25. The number of amides is 1. The number of likely N-dealkylation sites (tertiary alicyclic amines) is 1. The first-order valence-electron chi connectivity index (χ1n) is 6.67. The third kappa shape index (κ3) is 2.08. The van der Waals surface area contributed by atoms with Gasteiger partial charge in [0.25, 0.3) is 0 Å². The summed E-state index contributed by atoms with van der Waals surface area (Å²) < 4.78 is 0. The number of carbonyl (C=O) groups is 1. The van der Waals surface area contributed by atoms with Crippen molar-refractivity contribution in [2.45, 2.75) is 63.1 Å². The number of rotatable bonds is 3. The van der Waals surface area contributed by atoms with Crippen LogP contribution in [0.15, 0.2) is 0 Å². The molecule has 0 bridgehead atoms. The molecule has 0 radical (unpaired) electrons. The highest BCUT2D eigenvalue weighted by molar-refractivity contribution is 5.85. The summed E-state index contributed by atoms with van der Waals surface area (Å²) in [7, 11) is 1.85. The van der Waals surface area contributed by atoms with Crippen LogP contribution >= 0.6 is 0 Å². The van der Waals surface area contributed by atoms with Gasteiger partial charge in [0.15, 0.2) is 0 Å². The summed E-state index contributed by atoms with van der Waals surface area (Å²) in [5.41, 5.74) is 5.37. The number of nitrogens with one attached hydrogen (secondary N) is 1. The van der Waals surface area contributed by atoms with Gasteiger partial charge in [-0.25, -0.2) is 0 Å². The smallest absolute Gasteiger partial charge is 0.237 e. The molecule has 2 aliphatic rings. The van der Waals surface area contributed by atoms with Crippen LogP contribution in [0.2, 0.25) is 0 Å². The van der Waals surface area contributed by atoms with Gasteiger partial charge in [0.1, 0.15) is 0 Å². The minimum absolute atomic E-state index is 0.195. The van der Waals surface area contributed by atoms with Gasteiger partial charge < -0.3 is 11.1 Å². The van der Waals surface area contributed by atoms with Gasteiger partial charge in [0.2, 0.25) is 5.91 Å². The number of likely N-dealkylation sites (N-methyl/N-ethyl adjacent to an activating group) is 1. The topological polar surface area (TPSA) is 58.4 Å². The first-order chi connectivity index (χ1) is 7.91. The molecule has 1 saturated heterocycles. The standard InChI is InChI=1S/C13H25N3O/c1-12(2)6-4-8-16(12)10-5-7-13(9-10,15-3)11(14)17/h10,15H,4-9H2,1-3H3,(H2,14,17). The lowest BCUT2D eigenvalue weighted by Gasteiger charge is -2.37. The normalized spacial score (nSPS) is 37.5. The summed E-state index contributed by atoms with van der Waals surface area (Å²) in [6, 6.07) is 0.507. The van der Waals surface area contributed by atoms with Crippen molar-refractivity contribution in [3.63, 3.8) is 0 Å². The quantitative estimate of drug-likeness (QED) is 0.768. The van der Waals surface area contributed by atoms with Gasteiger partial charge in [-0.15, -0.1) is 0 Å². The number of primary amides is 1. The fourth-order valence-electron chi connectivity index (χ4n) is 3.66. The van der Waals surface area contributed by atoms with Gasteiger partial charge in [-0.05, 0) is 59.5 Å².